The predicted octanol–water partition coefficient (Wildman–Crippen LogP) is 5.49. The average molecular weight is 352 g/mol. The first-order valence-corrected chi connectivity index (χ1v) is 8.89. The number of hydrogen-bond donors (Lipinski definition) is 1. The number of aryl methyl sites for hydroxylation is 2. The Balaban J connectivity index is 2.01. The maximum Gasteiger partial charge on any atom is 0.0429 e. The third kappa shape index (κ3) is 4.44. The van der Waals surface area contributed by atoms with E-state index in [4.69, 9.17) is 0 Å². The summed E-state index contributed by atoms with van der Waals surface area (Å²) in [7, 11) is 0. The fraction of sp³-hybridized carbons (Fsp3) is 0.412. The molecule has 0 amide bonds. The van der Waals surface area contributed by atoms with Crippen molar-refractivity contribution >= 4 is 27.3 Å². The quantitative estimate of drug-likeness (QED) is 0.694. The molecule has 0 aliphatic carbocycles. The Morgan fingerprint density at radius 2 is 1.95 bits per heavy atom. The van der Waals surface area contributed by atoms with Crippen LogP contribution in [0.25, 0.3) is 0 Å². The zero-order valence-corrected chi connectivity index (χ0v) is 14.6. The molecule has 1 nitrogen and oxygen atoms in total. The standard InChI is InChI=1S/C17H22BrNS/c1-3-11-19-16(17-15(18)10-12-20-17)9-8-14-6-4-13(2)5-7-14/h4-7,10,12,16,19H,3,8-9,11H2,1-2H3. The molecule has 1 aromatic carbocycles. The largest absolute Gasteiger partial charge is 0.309 e. The lowest BCUT2D eigenvalue weighted by Gasteiger charge is -2.18. The highest BCUT2D eigenvalue weighted by Gasteiger charge is 2.15. The molecule has 2 aromatic rings. The van der Waals surface area contributed by atoms with Gasteiger partial charge in [0.15, 0.2) is 0 Å². The molecule has 2 rings (SSSR count). The molecule has 0 aliphatic rings. The van der Waals surface area contributed by atoms with Crippen molar-refractivity contribution in [3.8, 4) is 0 Å². The Labute approximate surface area is 134 Å². The minimum atomic E-state index is 0.450. The minimum Gasteiger partial charge on any atom is -0.309 e. The number of thiophene rings is 1. The molecule has 0 radical (unpaired) electrons. The van der Waals surface area contributed by atoms with E-state index in [-0.39, 0.29) is 0 Å². The van der Waals surface area contributed by atoms with Crippen LogP contribution < -0.4 is 5.32 Å². The fourth-order valence-corrected chi connectivity index (χ4v) is 4.02. The Morgan fingerprint density at radius 3 is 2.55 bits per heavy atom. The molecule has 0 saturated carbocycles. The van der Waals surface area contributed by atoms with Crippen LogP contribution >= 0.6 is 27.3 Å². The molecule has 1 unspecified atom stereocenters. The second kappa shape index (κ2) is 7.96. The van der Waals surface area contributed by atoms with Gasteiger partial charge in [-0.25, -0.2) is 0 Å². The summed E-state index contributed by atoms with van der Waals surface area (Å²) < 4.78 is 1.24. The first kappa shape index (κ1) is 15.7. The molecule has 0 bridgehead atoms. The first-order valence-electron chi connectivity index (χ1n) is 7.22. The van der Waals surface area contributed by atoms with Crippen LogP contribution in [-0.4, -0.2) is 6.54 Å². The van der Waals surface area contributed by atoms with Crippen molar-refractivity contribution in [3.63, 3.8) is 0 Å². The van der Waals surface area contributed by atoms with Crippen LogP contribution in [0.3, 0.4) is 0 Å². The van der Waals surface area contributed by atoms with Gasteiger partial charge in [0.1, 0.15) is 0 Å². The lowest BCUT2D eigenvalue weighted by atomic mass is 10.0. The third-order valence-corrected chi connectivity index (χ3v) is 5.43. The van der Waals surface area contributed by atoms with E-state index in [1.54, 1.807) is 0 Å². The molecule has 1 heterocycles. The van der Waals surface area contributed by atoms with Gasteiger partial charge in [-0.15, -0.1) is 11.3 Å². The molecule has 1 aromatic heterocycles. The monoisotopic (exact) mass is 351 g/mol. The second-order valence-corrected chi connectivity index (χ2v) is 6.97. The number of halogens is 1. The van der Waals surface area contributed by atoms with Crippen LogP contribution in [0.1, 0.15) is 41.8 Å². The lowest BCUT2D eigenvalue weighted by Crippen LogP contribution is -2.22. The van der Waals surface area contributed by atoms with Crippen LogP contribution in [0.2, 0.25) is 0 Å². The molecule has 3 heteroatoms. The van der Waals surface area contributed by atoms with Crippen molar-refractivity contribution in [1.29, 1.82) is 0 Å². The smallest absolute Gasteiger partial charge is 0.0429 e. The Hall–Kier alpha value is -0.640. The molecule has 0 aliphatic heterocycles. The lowest BCUT2D eigenvalue weighted by molar-refractivity contribution is 0.505. The van der Waals surface area contributed by atoms with E-state index in [0.717, 1.165) is 19.4 Å². The SMILES string of the molecule is CCCNC(CCc1ccc(C)cc1)c1sccc1Br. The normalized spacial score (nSPS) is 12.6. The third-order valence-electron chi connectivity index (χ3n) is 3.44. The molecule has 1 atom stereocenters. The first-order chi connectivity index (χ1) is 9.70. The molecule has 108 valence electrons. The van der Waals surface area contributed by atoms with Gasteiger partial charge >= 0.3 is 0 Å². The van der Waals surface area contributed by atoms with Crippen molar-refractivity contribution in [2.45, 2.75) is 39.2 Å². The highest BCUT2D eigenvalue weighted by Crippen LogP contribution is 2.31. The zero-order valence-electron chi connectivity index (χ0n) is 12.2. The van der Waals surface area contributed by atoms with Gasteiger partial charge in [0, 0.05) is 15.4 Å². The predicted molar refractivity (Wildman–Crippen MR) is 92.6 cm³/mol. The van der Waals surface area contributed by atoms with E-state index in [9.17, 15) is 0 Å². The zero-order chi connectivity index (χ0) is 14.4. The number of benzene rings is 1. The topological polar surface area (TPSA) is 12.0 Å². The van der Waals surface area contributed by atoms with Crippen LogP contribution in [0.4, 0.5) is 0 Å². The van der Waals surface area contributed by atoms with E-state index in [1.807, 2.05) is 11.3 Å². The molecule has 1 N–H and O–H groups in total. The van der Waals surface area contributed by atoms with Gasteiger partial charge < -0.3 is 5.32 Å². The summed E-state index contributed by atoms with van der Waals surface area (Å²) in [6.45, 7) is 5.43. The summed E-state index contributed by atoms with van der Waals surface area (Å²) in [6.07, 6.45) is 3.43. The summed E-state index contributed by atoms with van der Waals surface area (Å²) in [6, 6.07) is 11.5. The van der Waals surface area contributed by atoms with E-state index in [2.05, 4.69) is 70.8 Å². The highest BCUT2D eigenvalue weighted by atomic mass is 79.9. The summed E-state index contributed by atoms with van der Waals surface area (Å²) in [5.41, 5.74) is 2.75. The number of rotatable bonds is 7. The van der Waals surface area contributed by atoms with Gasteiger partial charge in [0.05, 0.1) is 0 Å². The summed E-state index contributed by atoms with van der Waals surface area (Å²) in [5.74, 6) is 0. The maximum absolute atomic E-state index is 3.67. The van der Waals surface area contributed by atoms with Crippen molar-refractivity contribution in [2.75, 3.05) is 6.54 Å². The summed E-state index contributed by atoms with van der Waals surface area (Å²) in [5, 5.41) is 5.83. The maximum atomic E-state index is 3.67. The van der Waals surface area contributed by atoms with Crippen LogP contribution in [0.5, 0.6) is 0 Å². The number of nitrogens with one attached hydrogen (secondary N) is 1. The summed E-state index contributed by atoms with van der Waals surface area (Å²) in [4.78, 5) is 1.42. The van der Waals surface area contributed by atoms with Crippen LogP contribution in [-0.2, 0) is 6.42 Å². The van der Waals surface area contributed by atoms with Gasteiger partial charge in [-0.3, -0.25) is 0 Å². The molecular weight excluding hydrogens is 330 g/mol. The van der Waals surface area contributed by atoms with E-state index in [0.29, 0.717) is 6.04 Å². The van der Waals surface area contributed by atoms with Crippen molar-refractivity contribution in [1.82, 2.24) is 5.32 Å². The van der Waals surface area contributed by atoms with Crippen LogP contribution in [0.15, 0.2) is 40.2 Å². The van der Waals surface area contributed by atoms with E-state index in [1.165, 1.54) is 26.9 Å². The van der Waals surface area contributed by atoms with Gasteiger partial charge in [-0.05, 0) is 65.7 Å². The van der Waals surface area contributed by atoms with Crippen molar-refractivity contribution < 1.29 is 0 Å². The van der Waals surface area contributed by atoms with Crippen LogP contribution in [0, 0.1) is 6.92 Å². The second-order valence-electron chi connectivity index (χ2n) is 5.16. The molecule has 0 saturated heterocycles. The van der Waals surface area contributed by atoms with E-state index < -0.39 is 0 Å². The fourth-order valence-electron chi connectivity index (χ4n) is 2.26. The Bertz CT molecular complexity index is 518. The number of hydrogen-bond acceptors (Lipinski definition) is 2. The Kier molecular flexibility index (Phi) is 6.27. The van der Waals surface area contributed by atoms with Crippen molar-refractivity contribution in [3.05, 3.63) is 56.2 Å². The average Bonchev–Trinajstić information content (AvgIpc) is 2.87. The highest BCUT2D eigenvalue weighted by molar-refractivity contribution is 9.10. The van der Waals surface area contributed by atoms with Crippen molar-refractivity contribution in [2.24, 2.45) is 0 Å². The summed E-state index contributed by atoms with van der Waals surface area (Å²) >= 11 is 5.50. The van der Waals surface area contributed by atoms with Gasteiger partial charge in [0.2, 0.25) is 0 Å². The molecule has 0 fully saturated rings. The van der Waals surface area contributed by atoms with Gasteiger partial charge in [0.25, 0.3) is 0 Å². The molecule has 20 heavy (non-hydrogen) atoms. The Morgan fingerprint density at radius 1 is 1.20 bits per heavy atom. The van der Waals surface area contributed by atoms with E-state index >= 15 is 0 Å². The minimum absolute atomic E-state index is 0.450. The van der Waals surface area contributed by atoms with Gasteiger partial charge in [-0.2, -0.15) is 0 Å². The van der Waals surface area contributed by atoms with Gasteiger partial charge in [-0.1, -0.05) is 36.8 Å². The molecular formula is C17H22BrNS. The molecule has 0 spiro atoms.